The lowest BCUT2D eigenvalue weighted by molar-refractivity contribution is 1.46. The largest absolute Gasteiger partial charge is 0.0843 e. The van der Waals surface area contributed by atoms with Gasteiger partial charge in [-0.3, -0.25) is 0 Å². The molecule has 0 unspecified atom stereocenters. The number of rotatable bonds is 1. The summed E-state index contributed by atoms with van der Waals surface area (Å²) in [5.41, 5.74) is 3.31. The first-order valence-corrected chi connectivity index (χ1v) is 5.45. The fourth-order valence-corrected chi connectivity index (χ4v) is 1.97. The molecule has 2 aromatic carbocycles. The summed E-state index contributed by atoms with van der Waals surface area (Å²) in [6, 6.07) is 13.6. The van der Waals surface area contributed by atoms with E-state index >= 15 is 0 Å². The van der Waals surface area contributed by atoms with Gasteiger partial charge < -0.3 is 0 Å². The third kappa shape index (κ3) is 2.17. The van der Waals surface area contributed by atoms with Crippen molar-refractivity contribution in [1.29, 1.82) is 0 Å². The average Bonchev–Trinajstić information content (AvgIpc) is 2.23. The second-order valence-electron chi connectivity index (χ2n) is 3.44. The van der Waals surface area contributed by atoms with Crippen LogP contribution in [0.5, 0.6) is 0 Å². The van der Waals surface area contributed by atoms with Crippen molar-refractivity contribution in [3.8, 4) is 11.1 Å². The van der Waals surface area contributed by atoms with Crippen LogP contribution in [-0.2, 0) is 0 Å². The minimum absolute atomic E-state index is 0.706. The third-order valence-corrected chi connectivity index (χ3v) is 2.93. The Hall–Kier alpha value is -0.980. The Labute approximate surface area is 99.5 Å². The fraction of sp³-hybridized carbons (Fsp3) is 0.0769. The van der Waals surface area contributed by atoms with E-state index in [0.29, 0.717) is 5.02 Å². The van der Waals surface area contributed by atoms with Gasteiger partial charge in [0.25, 0.3) is 0 Å². The zero-order chi connectivity index (χ0) is 10.8. The Morgan fingerprint density at radius 2 is 1.60 bits per heavy atom. The predicted molar refractivity (Wildman–Crippen MR) is 66.6 cm³/mol. The fourth-order valence-electron chi connectivity index (χ4n) is 1.58. The first kappa shape index (κ1) is 10.5. The Morgan fingerprint density at radius 3 is 2.33 bits per heavy atom. The molecule has 0 N–H and O–H groups in total. The number of aryl methyl sites for hydroxylation is 1. The van der Waals surface area contributed by atoms with Crippen LogP contribution >= 0.6 is 23.2 Å². The van der Waals surface area contributed by atoms with E-state index in [4.69, 9.17) is 23.2 Å². The van der Waals surface area contributed by atoms with E-state index in [1.54, 1.807) is 6.07 Å². The first-order valence-electron chi connectivity index (χ1n) is 4.69. The van der Waals surface area contributed by atoms with Crippen LogP contribution in [0, 0.1) is 6.92 Å². The smallest absolute Gasteiger partial charge is 0.0485 e. The van der Waals surface area contributed by atoms with Crippen LogP contribution in [0.25, 0.3) is 11.1 Å². The van der Waals surface area contributed by atoms with Gasteiger partial charge in [-0.2, -0.15) is 0 Å². The quantitative estimate of drug-likeness (QED) is 0.656. The minimum Gasteiger partial charge on any atom is -0.0843 e. The van der Waals surface area contributed by atoms with Gasteiger partial charge in [0.2, 0.25) is 0 Å². The summed E-state index contributed by atoms with van der Waals surface area (Å²) in [6.45, 7) is 2.06. The van der Waals surface area contributed by atoms with E-state index in [1.807, 2.05) is 30.3 Å². The molecule has 0 atom stereocenters. The van der Waals surface area contributed by atoms with Crippen LogP contribution in [0.4, 0.5) is 0 Å². The summed E-state index contributed by atoms with van der Waals surface area (Å²) in [5.74, 6) is 0. The van der Waals surface area contributed by atoms with Crippen molar-refractivity contribution in [2.75, 3.05) is 0 Å². The van der Waals surface area contributed by atoms with Gasteiger partial charge in [0.1, 0.15) is 0 Å². The van der Waals surface area contributed by atoms with Gasteiger partial charge in [-0.1, -0.05) is 47.5 Å². The Kier molecular flexibility index (Phi) is 2.99. The molecule has 0 amide bonds. The van der Waals surface area contributed by atoms with Crippen LogP contribution in [-0.4, -0.2) is 0 Å². The van der Waals surface area contributed by atoms with Crippen LogP contribution in [0.1, 0.15) is 5.56 Å². The van der Waals surface area contributed by atoms with E-state index in [2.05, 4.69) is 13.0 Å². The van der Waals surface area contributed by atoms with Crippen molar-refractivity contribution in [1.82, 2.24) is 0 Å². The van der Waals surface area contributed by atoms with Crippen molar-refractivity contribution in [2.24, 2.45) is 0 Å². The number of hydrogen-bond donors (Lipinski definition) is 0. The standard InChI is InChI=1S/C13H10Cl2/c1-9-4-2-3-5-11(9)12-8-10(14)6-7-13(12)15/h2-8H,1H3. The molecule has 0 bridgehead atoms. The zero-order valence-electron chi connectivity index (χ0n) is 8.30. The first-order chi connectivity index (χ1) is 7.18. The van der Waals surface area contributed by atoms with E-state index in [1.165, 1.54) is 5.56 Å². The topological polar surface area (TPSA) is 0 Å². The maximum atomic E-state index is 6.14. The Morgan fingerprint density at radius 1 is 0.867 bits per heavy atom. The molecule has 76 valence electrons. The summed E-state index contributed by atoms with van der Waals surface area (Å²) in [5, 5.41) is 1.44. The van der Waals surface area contributed by atoms with Gasteiger partial charge in [0.15, 0.2) is 0 Å². The van der Waals surface area contributed by atoms with Crippen LogP contribution in [0.15, 0.2) is 42.5 Å². The van der Waals surface area contributed by atoms with Gasteiger partial charge in [-0.05, 0) is 36.2 Å². The number of hydrogen-bond acceptors (Lipinski definition) is 0. The molecule has 0 heterocycles. The maximum Gasteiger partial charge on any atom is 0.0485 e. The van der Waals surface area contributed by atoms with E-state index in [9.17, 15) is 0 Å². The lowest BCUT2D eigenvalue weighted by atomic mass is 10.0. The van der Waals surface area contributed by atoms with Crippen molar-refractivity contribution >= 4 is 23.2 Å². The van der Waals surface area contributed by atoms with Crippen LogP contribution in [0.2, 0.25) is 10.0 Å². The number of halogens is 2. The Balaban J connectivity index is 2.64. The summed E-state index contributed by atoms with van der Waals surface area (Å²) in [4.78, 5) is 0. The van der Waals surface area contributed by atoms with Gasteiger partial charge in [-0.25, -0.2) is 0 Å². The molecule has 0 saturated heterocycles. The summed E-state index contributed by atoms with van der Waals surface area (Å²) < 4.78 is 0. The Bertz CT molecular complexity index is 490. The molecule has 0 aliphatic heterocycles. The molecule has 0 aliphatic carbocycles. The van der Waals surface area contributed by atoms with Crippen molar-refractivity contribution < 1.29 is 0 Å². The summed E-state index contributed by atoms with van der Waals surface area (Å²) >= 11 is 12.1. The predicted octanol–water partition coefficient (Wildman–Crippen LogP) is 4.97. The zero-order valence-corrected chi connectivity index (χ0v) is 9.81. The molecule has 2 heteroatoms. The van der Waals surface area contributed by atoms with Crippen LogP contribution in [0.3, 0.4) is 0 Å². The molecular weight excluding hydrogens is 227 g/mol. The van der Waals surface area contributed by atoms with Gasteiger partial charge in [0.05, 0.1) is 0 Å². The van der Waals surface area contributed by atoms with Gasteiger partial charge in [-0.15, -0.1) is 0 Å². The van der Waals surface area contributed by atoms with E-state index < -0.39 is 0 Å². The highest BCUT2D eigenvalue weighted by Gasteiger charge is 2.06. The van der Waals surface area contributed by atoms with E-state index in [0.717, 1.165) is 16.1 Å². The third-order valence-electron chi connectivity index (χ3n) is 2.36. The van der Waals surface area contributed by atoms with Crippen molar-refractivity contribution in [3.05, 3.63) is 58.1 Å². The lowest BCUT2D eigenvalue weighted by Gasteiger charge is -2.08. The second kappa shape index (κ2) is 4.26. The van der Waals surface area contributed by atoms with E-state index in [-0.39, 0.29) is 0 Å². The molecule has 15 heavy (non-hydrogen) atoms. The monoisotopic (exact) mass is 236 g/mol. The molecule has 2 aromatic rings. The SMILES string of the molecule is Cc1ccccc1-c1cc(Cl)ccc1Cl. The molecule has 0 fully saturated rings. The highest BCUT2D eigenvalue weighted by Crippen LogP contribution is 2.32. The average molecular weight is 237 g/mol. The summed E-state index contributed by atoms with van der Waals surface area (Å²) in [7, 11) is 0. The highest BCUT2D eigenvalue weighted by atomic mass is 35.5. The van der Waals surface area contributed by atoms with Gasteiger partial charge in [0, 0.05) is 15.6 Å². The van der Waals surface area contributed by atoms with Crippen LogP contribution < -0.4 is 0 Å². The normalized spacial score (nSPS) is 10.3. The molecule has 0 aliphatic rings. The van der Waals surface area contributed by atoms with Crippen molar-refractivity contribution in [3.63, 3.8) is 0 Å². The molecular formula is C13H10Cl2. The minimum atomic E-state index is 0.706. The van der Waals surface area contributed by atoms with Crippen molar-refractivity contribution in [2.45, 2.75) is 6.92 Å². The lowest BCUT2D eigenvalue weighted by Crippen LogP contribution is -1.83. The molecule has 0 radical (unpaired) electrons. The molecule has 0 spiro atoms. The maximum absolute atomic E-state index is 6.14. The molecule has 0 nitrogen and oxygen atoms in total. The molecule has 0 aromatic heterocycles. The highest BCUT2D eigenvalue weighted by molar-refractivity contribution is 6.35. The van der Waals surface area contributed by atoms with Gasteiger partial charge >= 0.3 is 0 Å². The molecule has 2 rings (SSSR count). The molecule has 0 saturated carbocycles. The number of benzene rings is 2. The second-order valence-corrected chi connectivity index (χ2v) is 4.28. The summed E-state index contributed by atoms with van der Waals surface area (Å²) in [6.07, 6.45) is 0.